The molecule has 0 unspecified atom stereocenters. The Hall–Kier alpha value is -2.21. The maximum absolute atomic E-state index is 12.4. The SMILES string of the molecule is O=C(NCc1ccc(C(=O)N2CCCCC2)cc1)c1cncc(Br)c1. The molecule has 0 saturated carbocycles. The fourth-order valence-electron chi connectivity index (χ4n) is 2.87. The minimum atomic E-state index is -0.178. The summed E-state index contributed by atoms with van der Waals surface area (Å²) in [6.07, 6.45) is 6.53. The summed E-state index contributed by atoms with van der Waals surface area (Å²) in [5.74, 6) is -0.0854. The molecule has 25 heavy (non-hydrogen) atoms. The van der Waals surface area contributed by atoms with Crippen molar-refractivity contribution in [3.63, 3.8) is 0 Å². The standard InChI is InChI=1S/C19H20BrN3O2/c20-17-10-16(12-21-13-17)18(24)22-11-14-4-6-15(7-5-14)19(25)23-8-2-1-3-9-23/h4-7,10,12-13H,1-3,8-9,11H2,(H,22,24). The number of benzene rings is 1. The molecule has 0 bridgehead atoms. The molecule has 6 heteroatoms. The van der Waals surface area contributed by atoms with E-state index in [1.165, 1.54) is 12.6 Å². The summed E-state index contributed by atoms with van der Waals surface area (Å²) < 4.78 is 0.765. The average Bonchev–Trinajstić information content (AvgIpc) is 2.66. The number of nitrogens with one attached hydrogen (secondary N) is 1. The van der Waals surface area contributed by atoms with E-state index < -0.39 is 0 Å². The van der Waals surface area contributed by atoms with E-state index in [0.29, 0.717) is 17.7 Å². The third kappa shape index (κ3) is 4.66. The summed E-state index contributed by atoms with van der Waals surface area (Å²) in [6.45, 7) is 2.10. The van der Waals surface area contributed by atoms with Crippen LogP contribution in [0, 0.1) is 0 Å². The summed E-state index contributed by atoms with van der Waals surface area (Å²) in [4.78, 5) is 30.5. The monoisotopic (exact) mass is 401 g/mol. The molecule has 1 N–H and O–H groups in total. The van der Waals surface area contributed by atoms with Gasteiger partial charge in [0.2, 0.25) is 0 Å². The van der Waals surface area contributed by atoms with Crippen LogP contribution in [-0.2, 0) is 6.54 Å². The molecular formula is C19H20BrN3O2. The topological polar surface area (TPSA) is 62.3 Å². The van der Waals surface area contributed by atoms with Crippen LogP contribution in [0.2, 0.25) is 0 Å². The van der Waals surface area contributed by atoms with Gasteiger partial charge in [-0.15, -0.1) is 0 Å². The molecule has 2 aromatic rings. The second kappa shape index (κ2) is 8.25. The molecule has 1 saturated heterocycles. The number of likely N-dealkylation sites (tertiary alicyclic amines) is 1. The molecule has 130 valence electrons. The molecule has 0 radical (unpaired) electrons. The third-order valence-corrected chi connectivity index (χ3v) is 4.70. The summed E-state index contributed by atoms with van der Waals surface area (Å²) in [6, 6.07) is 9.16. The zero-order valence-electron chi connectivity index (χ0n) is 13.9. The van der Waals surface area contributed by atoms with Crippen LogP contribution in [0.4, 0.5) is 0 Å². The maximum atomic E-state index is 12.4. The lowest BCUT2D eigenvalue weighted by atomic mass is 10.1. The van der Waals surface area contributed by atoms with Gasteiger partial charge in [0.05, 0.1) is 5.56 Å². The van der Waals surface area contributed by atoms with Crippen molar-refractivity contribution in [2.75, 3.05) is 13.1 Å². The van der Waals surface area contributed by atoms with Crippen LogP contribution in [0.15, 0.2) is 47.2 Å². The van der Waals surface area contributed by atoms with Crippen LogP contribution < -0.4 is 5.32 Å². The van der Waals surface area contributed by atoms with E-state index in [9.17, 15) is 9.59 Å². The first kappa shape index (κ1) is 17.6. The second-order valence-electron chi connectivity index (χ2n) is 6.12. The highest BCUT2D eigenvalue weighted by atomic mass is 79.9. The molecule has 1 aromatic heterocycles. The van der Waals surface area contributed by atoms with Gasteiger partial charge in [0.1, 0.15) is 0 Å². The largest absolute Gasteiger partial charge is 0.348 e. The molecule has 1 fully saturated rings. The number of hydrogen-bond acceptors (Lipinski definition) is 3. The van der Waals surface area contributed by atoms with Gasteiger partial charge >= 0.3 is 0 Å². The number of hydrogen-bond donors (Lipinski definition) is 1. The van der Waals surface area contributed by atoms with Crippen LogP contribution in [0.25, 0.3) is 0 Å². The zero-order valence-corrected chi connectivity index (χ0v) is 15.5. The average molecular weight is 402 g/mol. The van der Waals surface area contributed by atoms with Gasteiger partial charge in [0, 0.05) is 42.1 Å². The maximum Gasteiger partial charge on any atom is 0.253 e. The van der Waals surface area contributed by atoms with Gasteiger partial charge in [-0.2, -0.15) is 0 Å². The lowest BCUT2D eigenvalue weighted by molar-refractivity contribution is 0.0724. The van der Waals surface area contributed by atoms with E-state index in [4.69, 9.17) is 0 Å². The van der Waals surface area contributed by atoms with E-state index in [1.54, 1.807) is 12.3 Å². The number of nitrogens with zero attached hydrogens (tertiary/aromatic N) is 2. The summed E-state index contributed by atoms with van der Waals surface area (Å²) in [7, 11) is 0. The Labute approximate surface area is 155 Å². The van der Waals surface area contributed by atoms with Crippen molar-refractivity contribution in [3.05, 3.63) is 63.9 Å². The quantitative estimate of drug-likeness (QED) is 0.853. The highest BCUT2D eigenvalue weighted by Gasteiger charge is 2.17. The Bertz CT molecular complexity index is 756. The molecule has 3 rings (SSSR count). The molecule has 2 heterocycles. The number of carbonyl (C=O) groups excluding carboxylic acids is 2. The van der Waals surface area contributed by atoms with Gasteiger partial charge < -0.3 is 10.2 Å². The number of aromatic nitrogens is 1. The molecule has 0 aliphatic carbocycles. The number of halogens is 1. The Morgan fingerprint density at radius 2 is 1.76 bits per heavy atom. The predicted molar refractivity (Wildman–Crippen MR) is 99.3 cm³/mol. The highest BCUT2D eigenvalue weighted by Crippen LogP contribution is 2.14. The van der Waals surface area contributed by atoms with E-state index >= 15 is 0 Å². The fourth-order valence-corrected chi connectivity index (χ4v) is 3.23. The smallest absolute Gasteiger partial charge is 0.253 e. The zero-order chi connectivity index (χ0) is 17.6. The molecule has 1 aliphatic heterocycles. The predicted octanol–water partition coefficient (Wildman–Crippen LogP) is 3.40. The number of carbonyl (C=O) groups is 2. The summed E-state index contributed by atoms with van der Waals surface area (Å²) in [5.41, 5.74) is 2.16. The van der Waals surface area contributed by atoms with Crippen molar-refractivity contribution in [1.82, 2.24) is 15.2 Å². The molecular weight excluding hydrogens is 382 g/mol. The first-order chi connectivity index (χ1) is 12.1. The second-order valence-corrected chi connectivity index (χ2v) is 7.04. The molecule has 0 atom stereocenters. The lowest BCUT2D eigenvalue weighted by Crippen LogP contribution is -2.35. The van der Waals surface area contributed by atoms with Gasteiger partial charge in [-0.05, 0) is 59.0 Å². The van der Waals surface area contributed by atoms with Crippen molar-refractivity contribution in [3.8, 4) is 0 Å². The minimum absolute atomic E-state index is 0.0931. The first-order valence-electron chi connectivity index (χ1n) is 8.40. The molecule has 1 aromatic carbocycles. The van der Waals surface area contributed by atoms with Gasteiger partial charge in [-0.1, -0.05) is 12.1 Å². The van der Waals surface area contributed by atoms with Gasteiger partial charge in [-0.25, -0.2) is 0 Å². The molecule has 5 nitrogen and oxygen atoms in total. The molecule has 1 aliphatic rings. The Balaban J connectivity index is 1.57. The van der Waals surface area contributed by atoms with Crippen molar-refractivity contribution in [2.45, 2.75) is 25.8 Å². The van der Waals surface area contributed by atoms with Gasteiger partial charge in [-0.3, -0.25) is 14.6 Å². The number of amides is 2. The van der Waals surface area contributed by atoms with E-state index in [-0.39, 0.29) is 11.8 Å². The molecule has 2 amide bonds. The fraction of sp³-hybridized carbons (Fsp3) is 0.316. The van der Waals surface area contributed by atoms with E-state index in [2.05, 4.69) is 26.2 Å². The van der Waals surface area contributed by atoms with Crippen molar-refractivity contribution < 1.29 is 9.59 Å². The number of piperidine rings is 1. The van der Waals surface area contributed by atoms with Crippen LogP contribution in [0.1, 0.15) is 45.5 Å². The lowest BCUT2D eigenvalue weighted by Gasteiger charge is -2.26. The van der Waals surface area contributed by atoms with Crippen molar-refractivity contribution in [1.29, 1.82) is 0 Å². The normalized spacial score (nSPS) is 14.2. The minimum Gasteiger partial charge on any atom is -0.348 e. The van der Waals surface area contributed by atoms with E-state index in [1.807, 2.05) is 29.2 Å². The van der Waals surface area contributed by atoms with Gasteiger partial charge in [0.25, 0.3) is 11.8 Å². The van der Waals surface area contributed by atoms with Crippen molar-refractivity contribution in [2.24, 2.45) is 0 Å². The summed E-state index contributed by atoms with van der Waals surface area (Å²) >= 11 is 3.30. The van der Waals surface area contributed by atoms with Crippen LogP contribution >= 0.6 is 15.9 Å². The highest BCUT2D eigenvalue weighted by molar-refractivity contribution is 9.10. The van der Waals surface area contributed by atoms with E-state index in [0.717, 1.165) is 36.0 Å². The van der Waals surface area contributed by atoms with Crippen LogP contribution in [-0.4, -0.2) is 34.8 Å². The third-order valence-electron chi connectivity index (χ3n) is 4.26. The number of pyridine rings is 1. The van der Waals surface area contributed by atoms with Gasteiger partial charge in [0.15, 0.2) is 0 Å². The summed E-state index contributed by atoms with van der Waals surface area (Å²) in [5, 5.41) is 2.86. The Kier molecular flexibility index (Phi) is 5.81. The Morgan fingerprint density at radius 1 is 1.04 bits per heavy atom. The molecule has 0 spiro atoms. The van der Waals surface area contributed by atoms with Crippen LogP contribution in [0.3, 0.4) is 0 Å². The van der Waals surface area contributed by atoms with Crippen molar-refractivity contribution >= 4 is 27.7 Å². The van der Waals surface area contributed by atoms with Crippen LogP contribution in [0.5, 0.6) is 0 Å². The first-order valence-corrected chi connectivity index (χ1v) is 9.20. The number of rotatable bonds is 4. The Morgan fingerprint density at radius 3 is 2.44 bits per heavy atom.